The second-order valence-electron chi connectivity index (χ2n) is 6.04. The van der Waals surface area contributed by atoms with Gasteiger partial charge in [-0.1, -0.05) is 53.5 Å². The lowest BCUT2D eigenvalue weighted by Gasteiger charge is -2.09. The van der Waals surface area contributed by atoms with Crippen LogP contribution in [0.2, 0.25) is 10.0 Å². The Hall–Kier alpha value is -2.75. The minimum atomic E-state index is 0.698. The first-order valence-electron chi connectivity index (χ1n) is 8.40. The van der Waals surface area contributed by atoms with E-state index in [0.717, 1.165) is 34.0 Å². The molecule has 0 aliphatic carbocycles. The minimum Gasteiger partial charge on any atom is -0.497 e. The van der Waals surface area contributed by atoms with E-state index in [-0.39, 0.29) is 0 Å². The van der Waals surface area contributed by atoms with Gasteiger partial charge in [0.05, 0.1) is 24.2 Å². The second kappa shape index (κ2) is 7.47. The fourth-order valence-electron chi connectivity index (χ4n) is 2.91. The van der Waals surface area contributed by atoms with Crippen molar-refractivity contribution in [2.75, 3.05) is 7.11 Å². The molecule has 0 atom stereocenters. The summed E-state index contributed by atoms with van der Waals surface area (Å²) in [6.07, 6.45) is 0. The molecule has 1 heterocycles. The molecule has 0 aliphatic rings. The average Bonchev–Trinajstić information content (AvgIpc) is 3.14. The normalized spacial score (nSPS) is 10.8. The van der Waals surface area contributed by atoms with Gasteiger partial charge in [0, 0.05) is 27.2 Å². The quantitative estimate of drug-likeness (QED) is 0.393. The molecule has 0 fully saturated rings. The number of halogens is 2. The van der Waals surface area contributed by atoms with E-state index in [1.807, 2.05) is 77.5 Å². The van der Waals surface area contributed by atoms with Crippen LogP contribution in [0.4, 0.5) is 0 Å². The lowest BCUT2D eigenvalue weighted by molar-refractivity contribution is 0.414. The zero-order chi connectivity index (χ0) is 18.8. The topological polar surface area (TPSA) is 27.1 Å². The maximum Gasteiger partial charge on any atom is 0.121 e. The van der Waals surface area contributed by atoms with Gasteiger partial charge in [-0.2, -0.15) is 5.10 Å². The molecule has 0 saturated heterocycles. The molecular weight excluding hydrogens is 379 g/mol. The Morgan fingerprint density at radius 3 is 2.04 bits per heavy atom. The van der Waals surface area contributed by atoms with Crippen molar-refractivity contribution in [3.8, 4) is 34.0 Å². The van der Waals surface area contributed by atoms with Crippen LogP contribution in [-0.2, 0) is 0 Å². The number of benzene rings is 3. The highest BCUT2D eigenvalue weighted by Gasteiger charge is 2.14. The summed E-state index contributed by atoms with van der Waals surface area (Å²) in [5, 5.41) is 6.24. The Balaban J connectivity index is 1.89. The predicted octanol–water partition coefficient (Wildman–Crippen LogP) is 6.52. The molecule has 1 aromatic heterocycles. The van der Waals surface area contributed by atoms with Crippen molar-refractivity contribution in [3.63, 3.8) is 0 Å². The molecule has 4 aromatic rings. The van der Waals surface area contributed by atoms with Gasteiger partial charge in [-0.05, 0) is 42.5 Å². The Bertz CT molecular complexity index is 1070. The van der Waals surface area contributed by atoms with Gasteiger partial charge >= 0.3 is 0 Å². The summed E-state index contributed by atoms with van der Waals surface area (Å²) in [5.74, 6) is 0.776. The molecule has 0 N–H and O–H groups in total. The molecule has 4 rings (SSSR count). The first-order chi connectivity index (χ1) is 13.1. The van der Waals surface area contributed by atoms with Crippen LogP contribution >= 0.6 is 23.2 Å². The van der Waals surface area contributed by atoms with Gasteiger partial charge in [0.1, 0.15) is 5.75 Å². The predicted molar refractivity (Wildman–Crippen MR) is 111 cm³/mol. The van der Waals surface area contributed by atoms with Crippen molar-refractivity contribution in [3.05, 3.63) is 88.9 Å². The third-order valence-electron chi connectivity index (χ3n) is 4.29. The Morgan fingerprint density at radius 1 is 0.778 bits per heavy atom. The summed E-state index contributed by atoms with van der Waals surface area (Å²) in [7, 11) is 1.65. The van der Waals surface area contributed by atoms with E-state index in [1.54, 1.807) is 7.11 Å². The van der Waals surface area contributed by atoms with E-state index in [9.17, 15) is 0 Å². The summed E-state index contributed by atoms with van der Waals surface area (Å²) < 4.78 is 7.28. The molecule has 0 aliphatic heterocycles. The molecule has 0 saturated carbocycles. The molecule has 3 nitrogen and oxygen atoms in total. The largest absolute Gasteiger partial charge is 0.497 e. The SMILES string of the molecule is COc1cccc(-n2nc(-c3ccc(Cl)cc3)cc2-c2ccc(Cl)cc2)c1. The van der Waals surface area contributed by atoms with Crippen LogP contribution in [0.5, 0.6) is 5.75 Å². The molecule has 0 amide bonds. The first kappa shape index (κ1) is 17.7. The van der Waals surface area contributed by atoms with Crippen molar-refractivity contribution in [2.24, 2.45) is 0 Å². The van der Waals surface area contributed by atoms with E-state index in [1.165, 1.54) is 0 Å². The van der Waals surface area contributed by atoms with Crippen LogP contribution in [0.3, 0.4) is 0 Å². The second-order valence-corrected chi connectivity index (χ2v) is 6.91. The van der Waals surface area contributed by atoms with Crippen LogP contribution in [0, 0.1) is 0 Å². The number of methoxy groups -OCH3 is 1. The van der Waals surface area contributed by atoms with Gasteiger partial charge in [0.2, 0.25) is 0 Å². The maximum atomic E-state index is 6.06. The first-order valence-corrected chi connectivity index (χ1v) is 9.16. The standard InChI is InChI=1S/C22H16Cl2N2O/c1-27-20-4-2-3-19(13-20)26-22(16-7-11-18(24)12-8-16)14-21(25-26)15-5-9-17(23)10-6-15/h2-14H,1H3. The Labute approximate surface area is 167 Å². The molecule has 0 radical (unpaired) electrons. The summed E-state index contributed by atoms with van der Waals surface area (Å²) in [5.41, 5.74) is 4.76. The van der Waals surface area contributed by atoms with Gasteiger partial charge in [-0.3, -0.25) is 0 Å². The lowest BCUT2D eigenvalue weighted by atomic mass is 10.1. The van der Waals surface area contributed by atoms with Crippen molar-refractivity contribution in [2.45, 2.75) is 0 Å². The number of hydrogen-bond donors (Lipinski definition) is 0. The van der Waals surface area contributed by atoms with E-state index < -0.39 is 0 Å². The lowest BCUT2D eigenvalue weighted by Crippen LogP contribution is -1.99. The molecule has 0 unspecified atom stereocenters. The third kappa shape index (κ3) is 3.70. The van der Waals surface area contributed by atoms with Crippen LogP contribution in [0.1, 0.15) is 0 Å². The van der Waals surface area contributed by atoms with Gasteiger partial charge in [-0.15, -0.1) is 0 Å². The zero-order valence-corrected chi connectivity index (χ0v) is 16.1. The molecular formula is C22H16Cl2N2O. The van der Waals surface area contributed by atoms with E-state index in [4.69, 9.17) is 33.0 Å². The molecule has 0 spiro atoms. The van der Waals surface area contributed by atoms with E-state index in [2.05, 4.69) is 6.07 Å². The van der Waals surface area contributed by atoms with Crippen molar-refractivity contribution >= 4 is 23.2 Å². The molecule has 3 aromatic carbocycles. The van der Waals surface area contributed by atoms with Crippen LogP contribution in [0.25, 0.3) is 28.2 Å². The van der Waals surface area contributed by atoms with Crippen molar-refractivity contribution in [1.82, 2.24) is 9.78 Å². The average molecular weight is 395 g/mol. The minimum absolute atomic E-state index is 0.698. The smallest absolute Gasteiger partial charge is 0.121 e. The molecule has 134 valence electrons. The highest BCUT2D eigenvalue weighted by atomic mass is 35.5. The van der Waals surface area contributed by atoms with E-state index in [0.29, 0.717) is 10.0 Å². The van der Waals surface area contributed by atoms with Crippen molar-refractivity contribution < 1.29 is 4.74 Å². The van der Waals surface area contributed by atoms with Crippen LogP contribution in [0.15, 0.2) is 78.9 Å². The van der Waals surface area contributed by atoms with Gasteiger partial charge in [-0.25, -0.2) is 4.68 Å². The molecule has 0 bridgehead atoms. The van der Waals surface area contributed by atoms with E-state index >= 15 is 0 Å². The van der Waals surface area contributed by atoms with Gasteiger partial charge < -0.3 is 4.74 Å². The summed E-state index contributed by atoms with van der Waals surface area (Å²) in [6, 6.07) is 25.3. The molecule has 5 heteroatoms. The number of aromatic nitrogens is 2. The monoisotopic (exact) mass is 394 g/mol. The van der Waals surface area contributed by atoms with Crippen molar-refractivity contribution in [1.29, 1.82) is 0 Å². The highest BCUT2D eigenvalue weighted by Crippen LogP contribution is 2.31. The van der Waals surface area contributed by atoms with Gasteiger partial charge in [0.25, 0.3) is 0 Å². The van der Waals surface area contributed by atoms with Crippen LogP contribution in [-0.4, -0.2) is 16.9 Å². The summed E-state index contributed by atoms with van der Waals surface area (Å²) in [4.78, 5) is 0. The number of nitrogens with zero attached hydrogens (tertiary/aromatic N) is 2. The Kier molecular flexibility index (Phi) is 4.88. The number of ether oxygens (including phenoxy) is 1. The highest BCUT2D eigenvalue weighted by molar-refractivity contribution is 6.30. The summed E-state index contributed by atoms with van der Waals surface area (Å²) in [6.45, 7) is 0. The number of hydrogen-bond acceptors (Lipinski definition) is 2. The summed E-state index contributed by atoms with van der Waals surface area (Å²) >= 11 is 12.1. The number of rotatable bonds is 4. The fourth-order valence-corrected chi connectivity index (χ4v) is 3.16. The third-order valence-corrected chi connectivity index (χ3v) is 4.79. The van der Waals surface area contributed by atoms with Crippen LogP contribution < -0.4 is 4.74 Å². The Morgan fingerprint density at radius 2 is 1.41 bits per heavy atom. The fraction of sp³-hybridized carbons (Fsp3) is 0.0455. The maximum absolute atomic E-state index is 6.06. The zero-order valence-electron chi connectivity index (χ0n) is 14.6. The van der Waals surface area contributed by atoms with Gasteiger partial charge in [0.15, 0.2) is 0 Å². The molecule has 27 heavy (non-hydrogen) atoms.